The van der Waals surface area contributed by atoms with Crippen LogP contribution in [0.25, 0.3) is 39.4 Å². The van der Waals surface area contributed by atoms with E-state index in [2.05, 4.69) is 35.9 Å². The van der Waals surface area contributed by atoms with Gasteiger partial charge in [-0.25, -0.2) is 9.67 Å². The van der Waals surface area contributed by atoms with Gasteiger partial charge in [0.15, 0.2) is 5.58 Å². The van der Waals surface area contributed by atoms with Crippen molar-refractivity contribution >= 4 is 28.7 Å². The van der Waals surface area contributed by atoms with Crippen LogP contribution in [0.5, 0.6) is 0 Å². The fourth-order valence-corrected chi connectivity index (χ4v) is 7.08. The van der Waals surface area contributed by atoms with Crippen LogP contribution in [0.3, 0.4) is 0 Å². The van der Waals surface area contributed by atoms with Crippen LogP contribution in [-0.2, 0) is 24.3 Å². The highest BCUT2D eigenvalue weighted by Crippen LogP contribution is 2.39. The zero-order valence-electron chi connectivity index (χ0n) is 26.1. The normalized spacial score (nSPS) is 17.1. The molecule has 46 heavy (non-hydrogen) atoms. The van der Waals surface area contributed by atoms with Gasteiger partial charge in [-0.05, 0) is 86.7 Å². The van der Waals surface area contributed by atoms with Crippen LogP contribution in [0.1, 0.15) is 48.2 Å². The van der Waals surface area contributed by atoms with Crippen molar-refractivity contribution in [2.24, 2.45) is 5.92 Å². The Kier molecular flexibility index (Phi) is 7.89. The fraction of sp³-hybridized carbons (Fsp3) is 0.333. The maximum atomic E-state index is 11.4. The second kappa shape index (κ2) is 12.0. The molecule has 0 spiro atoms. The molecule has 2 aliphatic heterocycles. The van der Waals surface area contributed by atoms with Crippen LogP contribution < -0.4 is 0 Å². The molecule has 1 saturated heterocycles. The first-order chi connectivity index (χ1) is 22.2. The minimum Gasteiger partial charge on any atom is -0.481 e. The zero-order chi connectivity index (χ0) is 32.1. The molecule has 7 rings (SSSR count). The zero-order valence-corrected chi connectivity index (χ0v) is 26.9. The number of carboxylic acid groups (broad SMARTS) is 1. The van der Waals surface area contributed by atoms with E-state index in [0.29, 0.717) is 59.7 Å². The number of oxazole rings is 1. The highest BCUT2D eigenvalue weighted by molar-refractivity contribution is 6.35. The number of carboxylic acids is 1. The molecule has 0 radical (unpaired) electrons. The number of likely N-dealkylation sites (tertiary alicyclic amines) is 1. The Bertz CT molecular complexity index is 2020. The minimum absolute atomic E-state index is 0.359. The summed E-state index contributed by atoms with van der Waals surface area (Å²) >= 11 is 7.13. The van der Waals surface area contributed by atoms with Crippen molar-refractivity contribution in [2.45, 2.75) is 52.7 Å². The summed E-state index contributed by atoms with van der Waals surface area (Å²) in [5.41, 5.74) is 9.15. The topological polar surface area (TPSA) is 111 Å². The van der Waals surface area contributed by atoms with Gasteiger partial charge in [-0.2, -0.15) is 10.4 Å². The van der Waals surface area contributed by atoms with Gasteiger partial charge in [0.05, 0.1) is 27.9 Å². The standard InChI is InChI=1S/C36H35ClN6O3/c1-21(2)42-13-11-24-19-43(40-31(24)20-42)32-9-5-8-29(33(32)37)27-6-4-7-28(22(27)3)35-39-30-15-23(14-26(16-38)34(30)46-35)17-41-12-10-25(18-41)36(44)45/h4-9,14-15,19,21,25H,10-13,17-18,20H2,1-3H3,(H,44,45). The van der Waals surface area contributed by atoms with Gasteiger partial charge in [0, 0.05) is 49.5 Å². The molecule has 2 aromatic heterocycles. The summed E-state index contributed by atoms with van der Waals surface area (Å²) < 4.78 is 8.15. The Morgan fingerprint density at radius 3 is 2.70 bits per heavy atom. The number of hydrogen-bond donors (Lipinski definition) is 1. The SMILES string of the molecule is Cc1c(-c2nc3cc(CN4CCC(C(=O)O)C4)cc(C#N)c3o2)cccc1-c1cccc(-n2cc3c(n2)CN(C(C)C)CC3)c1Cl. The van der Waals surface area contributed by atoms with Gasteiger partial charge in [-0.3, -0.25) is 14.6 Å². The number of rotatable bonds is 7. The maximum Gasteiger partial charge on any atom is 0.307 e. The average Bonchev–Trinajstić information content (AvgIpc) is 3.79. The average molecular weight is 635 g/mol. The molecule has 10 heteroatoms. The van der Waals surface area contributed by atoms with E-state index in [1.54, 1.807) is 0 Å². The van der Waals surface area contributed by atoms with Crippen LogP contribution >= 0.6 is 11.6 Å². The summed E-state index contributed by atoms with van der Waals surface area (Å²) in [6.07, 6.45) is 3.70. The van der Waals surface area contributed by atoms with Crippen LogP contribution in [0, 0.1) is 24.2 Å². The second-order valence-electron chi connectivity index (χ2n) is 12.7. The number of nitrogens with zero attached hydrogens (tertiary/aromatic N) is 6. The van der Waals surface area contributed by atoms with Crippen molar-refractivity contribution in [3.05, 3.63) is 87.7 Å². The second-order valence-corrected chi connectivity index (χ2v) is 13.0. The van der Waals surface area contributed by atoms with E-state index < -0.39 is 5.97 Å². The number of aromatic nitrogens is 3. The Balaban J connectivity index is 1.21. The van der Waals surface area contributed by atoms with E-state index in [-0.39, 0.29) is 5.92 Å². The molecule has 0 amide bonds. The summed E-state index contributed by atoms with van der Waals surface area (Å²) in [6.45, 7) is 10.1. The van der Waals surface area contributed by atoms with Crippen molar-refractivity contribution in [1.82, 2.24) is 24.6 Å². The molecule has 0 bridgehead atoms. The lowest BCUT2D eigenvalue weighted by molar-refractivity contribution is -0.141. The fourth-order valence-electron chi connectivity index (χ4n) is 6.77. The largest absolute Gasteiger partial charge is 0.481 e. The number of aliphatic carboxylic acids is 1. The van der Waals surface area contributed by atoms with Crippen molar-refractivity contribution in [3.63, 3.8) is 0 Å². The Morgan fingerprint density at radius 1 is 1.15 bits per heavy atom. The lowest BCUT2D eigenvalue weighted by Gasteiger charge is -2.29. The van der Waals surface area contributed by atoms with Gasteiger partial charge in [-0.15, -0.1) is 0 Å². The Hall–Kier alpha value is -4.49. The molecule has 234 valence electrons. The molecule has 9 nitrogen and oxygen atoms in total. The van der Waals surface area contributed by atoms with Gasteiger partial charge in [0.25, 0.3) is 0 Å². The van der Waals surface area contributed by atoms with Crippen LogP contribution in [0.15, 0.2) is 59.1 Å². The van der Waals surface area contributed by atoms with E-state index in [0.717, 1.165) is 58.7 Å². The summed E-state index contributed by atoms with van der Waals surface area (Å²) in [7, 11) is 0. The van der Waals surface area contributed by atoms with E-state index >= 15 is 0 Å². The first-order valence-electron chi connectivity index (χ1n) is 15.7. The van der Waals surface area contributed by atoms with Crippen molar-refractivity contribution in [1.29, 1.82) is 5.26 Å². The van der Waals surface area contributed by atoms with Gasteiger partial charge in [-0.1, -0.05) is 35.9 Å². The molecule has 1 N–H and O–H groups in total. The number of halogens is 1. The summed E-state index contributed by atoms with van der Waals surface area (Å²) in [5.74, 6) is -0.694. The van der Waals surface area contributed by atoms with Gasteiger partial charge < -0.3 is 9.52 Å². The molecule has 0 saturated carbocycles. The Morgan fingerprint density at radius 2 is 1.93 bits per heavy atom. The van der Waals surface area contributed by atoms with Crippen molar-refractivity contribution < 1.29 is 14.3 Å². The molecule has 4 heterocycles. The molecule has 1 unspecified atom stereocenters. The lowest BCUT2D eigenvalue weighted by Crippen LogP contribution is -2.35. The van der Waals surface area contributed by atoms with Crippen molar-refractivity contribution in [2.75, 3.05) is 19.6 Å². The highest BCUT2D eigenvalue weighted by Gasteiger charge is 2.28. The van der Waals surface area contributed by atoms with E-state index in [1.807, 2.05) is 60.1 Å². The minimum atomic E-state index is -0.763. The third-order valence-electron chi connectivity index (χ3n) is 9.41. The molecule has 0 aliphatic carbocycles. The van der Waals surface area contributed by atoms with E-state index in [9.17, 15) is 15.2 Å². The lowest BCUT2D eigenvalue weighted by atomic mass is 9.96. The number of carbonyl (C=O) groups is 1. The van der Waals surface area contributed by atoms with Crippen LogP contribution in [0.4, 0.5) is 0 Å². The molecule has 2 aliphatic rings. The quantitative estimate of drug-likeness (QED) is 0.207. The monoisotopic (exact) mass is 634 g/mol. The number of benzene rings is 3. The molecule has 5 aromatic rings. The number of nitriles is 1. The van der Waals surface area contributed by atoms with Gasteiger partial charge >= 0.3 is 5.97 Å². The Labute approximate surface area is 272 Å². The van der Waals surface area contributed by atoms with Crippen LogP contribution in [-0.4, -0.2) is 61.3 Å². The summed E-state index contributed by atoms with van der Waals surface area (Å²) in [6, 6.07) is 18.5. The molecule has 1 atom stereocenters. The first kappa shape index (κ1) is 30.2. The number of fused-ring (bicyclic) bond motifs is 2. The van der Waals surface area contributed by atoms with E-state index in [1.165, 1.54) is 5.56 Å². The third kappa shape index (κ3) is 5.47. The predicted octanol–water partition coefficient (Wildman–Crippen LogP) is 6.85. The first-order valence-corrected chi connectivity index (χ1v) is 16.1. The van der Waals surface area contributed by atoms with Crippen LogP contribution in [0.2, 0.25) is 5.02 Å². The molecular formula is C36H35ClN6O3. The summed E-state index contributed by atoms with van der Waals surface area (Å²) in [4.78, 5) is 20.8. The molecule has 1 fully saturated rings. The summed E-state index contributed by atoms with van der Waals surface area (Å²) in [5, 5.41) is 24.9. The predicted molar refractivity (Wildman–Crippen MR) is 177 cm³/mol. The molecule has 3 aromatic carbocycles. The smallest absolute Gasteiger partial charge is 0.307 e. The van der Waals surface area contributed by atoms with E-state index in [4.69, 9.17) is 26.1 Å². The molecular weight excluding hydrogens is 600 g/mol. The van der Waals surface area contributed by atoms with Gasteiger partial charge in [0.2, 0.25) is 5.89 Å². The van der Waals surface area contributed by atoms with Crippen molar-refractivity contribution in [3.8, 4) is 34.3 Å². The van der Waals surface area contributed by atoms with Gasteiger partial charge in [0.1, 0.15) is 11.6 Å². The third-order valence-corrected chi connectivity index (χ3v) is 9.80. The maximum absolute atomic E-state index is 11.4. The number of hydrogen-bond acceptors (Lipinski definition) is 7. The highest BCUT2D eigenvalue weighted by atomic mass is 35.5.